The van der Waals surface area contributed by atoms with Crippen molar-refractivity contribution in [2.24, 2.45) is 11.8 Å². The fraction of sp³-hybridized carbons (Fsp3) is 0.632. The highest BCUT2D eigenvalue weighted by atomic mass is 35.5. The lowest BCUT2D eigenvalue weighted by Crippen LogP contribution is -2.45. The maximum Gasteiger partial charge on any atom is 0.260 e. The Morgan fingerprint density at radius 3 is 2.83 bits per heavy atom. The first kappa shape index (κ1) is 16.2. The summed E-state index contributed by atoms with van der Waals surface area (Å²) in [6, 6.07) is 7.77. The third kappa shape index (κ3) is 3.86. The zero-order valence-electron chi connectivity index (χ0n) is 14.0. The topological polar surface area (TPSA) is 32.8 Å². The Kier molecular flexibility index (Phi) is 4.68. The molecule has 4 aliphatic rings. The zero-order valence-corrected chi connectivity index (χ0v) is 14.8. The summed E-state index contributed by atoms with van der Waals surface area (Å²) < 4.78 is 5.65. The molecule has 1 saturated carbocycles. The van der Waals surface area contributed by atoms with Crippen LogP contribution in [-0.4, -0.2) is 54.5 Å². The van der Waals surface area contributed by atoms with Gasteiger partial charge in [0.1, 0.15) is 5.75 Å². The number of carbonyl (C=O) groups is 1. The molecule has 0 N–H and O–H groups in total. The molecule has 0 radical (unpaired) electrons. The summed E-state index contributed by atoms with van der Waals surface area (Å²) in [7, 11) is 0. The zero-order chi connectivity index (χ0) is 16.5. The van der Waals surface area contributed by atoms with Gasteiger partial charge in [-0.2, -0.15) is 0 Å². The van der Waals surface area contributed by atoms with Gasteiger partial charge in [-0.1, -0.05) is 17.7 Å². The molecule has 1 aromatic rings. The van der Waals surface area contributed by atoms with E-state index in [1.54, 1.807) is 12.1 Å². The van der Waals surface area contributed by atoms with Gasteiger partial charge in [-0.25, -0.2) is 0 Å². The molecule has 3 saturated heterocycles. The minimum atomic E-state index is 0.0974. The third-order valence-electron chi connectivity index (χ3n) is 5.53. The van der Waals surface area contributed by atoms with Gasteiger partial charge < -0.3 is 9.64 Å². The van der Waals surface area contributed by atoms with Crippen molar-refractivity contribution < 1.29 is 9.53 Å². The maximum atomic E-state index is 12.6. The maximum absolute atomic E-state index is 12.6. The van der Waals surface area contributed by atoms with Gasteiger partial charge in [0, 0.05) is 37.2 Å². The highest BCUT2D eigenvalue weighted by Gasteiger charge is 2.38. The van der Waals surface area contributed by atoms with Crippen LogP contribution in [0, 0.1) is 11.8 Å². The van der Waals surface area contributed by atoms with Crippen molar-refractivity contribution in [1.29, 1.82) is 0 Å². The molecule has 5 heteroatoms. The number of halogens is 1. The predicted molar refractivity (Wildman–Crippen MR) is 94.3 cm³/mol. The van der Waals surface area contributed by atoms with Crippen molar-refractivity contribution in [3.05, 3.63) is 29.3 Å². The molecule has 0 unspecified atom stereocenters. The van der Waals surface area contributed by atoms with Gasteiger partial charge in [0.15, 0.2) is 6.61 Å². The second-order valence-electron chi connectivity index (χ2n) is 7.54. The molecule has 130 valence electrons. The quantitative estimate of drug-likeness (QED) is 0.820. The van der Waals surface area contributed by atoms with Crippen LogP contribution in [0.25, 0.3) is 0 Å². The molecule has 0 spiro atoms. The average molecular weight is 349 g/mol. The lowest BCUT2D eigenvalue weighted by Gasteiger charge is -2.36. The summed E-state index contributed by atoms with van der Waals surface area (Å²) in [5, 5.41) is 0.628. The van der Waals surface area contributed by atoms with Crippen molar-refractivity contribution in [2.75, 3.05) is 32.8 Å². The molecule has 5 rings (SSSR count). The Morgan fingerprint density at radius 2 is 2.04 bits per heavy atom. The lowest BCUT2D eigenvalue weighted by atomic mass is 9.95. The van der Waals surface area contributed by atoms with E-state index in [9.17, 15) is 4.79 Å². The number of hydrogen-bond donors (Lipinski definition) is 0. The number of carbonyl (C=O) groups excluding carboxylic acids is 1. The van der Waals surface area contributed by atoms with E-state index in [1.165, 1.54) is 38.8 Å². The summed E-state index contributed by atoms with van der Waals surface area (Å²) in [6.45, 7) is 4.25. The van der Waals surface area contributed by atoms with Crippen molar-refractivity contribution in [3.8, 4) is 5.75 Å². The largest absolute Gasteiger partial charge is 0.484 e. The predicted octanol–water partition coefficient (Wildman–Crippen LogP) is 3.05. The van der Waals surface area contributed by atoms with Crippen LogP contribution in [0.2, 0.25) is 5.02 Å². The van der Waals surface area contributed by atoms with Crippen LogP contribution in [0.1, 0.15) is 25.7 Å². The second-order valence-corrected chi connectivity index (χ2v) is 7.98. The van der Waals surface area contributed by atoms with E-state index >= 15 is 0 Å². The first-order valence-electron chi connectivity index (χ1n) is 9.07. The lowest BCUT2D eigenvalue weighted by molar-refractivity contribution is -0.133. The normalized spacial score (nSPS) is 27.1. The van der Waals surface area contributed by atoms with E-state index < -0.39 is 0 Å². The van der Waals surface area contributed by atoms with Crippen LogP contribution in [0.5, 0.6) is 5.75 Å². The number of benzene rings is 1. The van der Waals surface area contributed by atoms with Crippen molar-refractivity contribution in [1.82, 2.24) is 9.80 Å². The van der Waals surface area contributed by atoms with Gasteiger partial charge in [-0.15, -0.1) is 0 Å². The van der Waals surface area contributed by atoms with E-state index in [0.29, 0.717) is 22.7 Å². The van der Waals surface area contributed by atoms with E-state index in [4.69, 9.17) is 16.3 Å². The summed E-state index contributed by atoms with van der Waals surface area (Å²) in [4.78, 5) is 17.3. The molecule has 1 amide bonds. The molecule has 2 atom stereocenters. The third-order valence-corrected chi connectivity index (χ3v) is 5.76. The van der Waals surface area contributed by atoms with Crippen LogP contribution >= 0.6 is 11.6 Å². The molecule has 1 aliphatic carbocycles. The van der Waals surface area contributed by atoms with Crippen LogP contribution in [0.15, 0.2) is 24.3 Å². The summed E-state index contributed by atoms with van der Waals surface area (Å²) in [6.07, 6.45) is 5.27. The van der Waals surface area contributed by atoms with Crippen LogP contribution in [0.4, 0.5) is 0 Å². The van der Waals surface area contributed by atoms with Gasteiger partial charge >= 0.3 is 0 Å². The number of hydrogen-bond acceptors (Lipinski definition) is 3. The minimum absolute atomic E-state index is 0.0974. The average Bonchev–Trinajstić information content (AvgIpc) is 3.40. The van der Waals surface area contributed by atoms with Crippen LogP contribution in [0.3, 0.4) is 0 Å². The Balaban J connectivity index is 1.34. The van der Waals surface area contributed by atoms with E-state index in [2.05, 4.69) is 4.90 Å². The molecule has 3 heterocycles. The van der Waals surface area contributed by atoms with Crippen molar-refractivity contribution in [3.63, 3.8) is 0 Å². The van der Waals surface area contributed by atoms with Crippen LogP contribution in [-0.2, 0) is 4.79 Å². The number of amides is 1. The molecule has 0 aromatic heterocycles. The van der Waals surface area contributed by atoms with Gasteiger partial charge in [0.25, 0.3) is 5.91 Å². The second kappa shape index (κ2) is 6.93. The highest BCUT2D eigenvalue weighted by molar-refractivity contribution is 6.30. The van der Waals surface area contributed by atoms with Gasteiger partial charge in [-0.05, 0) is 55.7 Å². The van der Waals surface area contributed by atoms with E-state index in [1.807, 2.05) is 17.0 Å². The molecular formula is C19H25ClN2O2. The first-order valence-corrected chi connectivity index (χ1v) is 9.45. The molecule has 24 heavy (non-hydrogen) atoms. The first-order chi connectivity index (χ1) is 11.7. The fourth-order valence-corrected chi connectivity index (χ4v) is 4.21. The van der Waals surface area contributed by atoms with E-state index in [0.717, 1.165) is 19.0 Å². The SMILES string of the molecule is O=C(COc1cccc(Cl)c1)N1C[C@@H]2CC[C@H](C1)N(CC1CC1)C2. The van der Waals surface area contributed by atoms with Gasteiger partial charge in [0.2, 0.25) is 0 Å². The Morgan fingerprint density at radius 1 is 1.17 bits per heavy atom. The standard InChI is InChI=1S/C19H25ClN2O2/c20-16-2-1-3-18(8-16)24-13-19(23)22-11-15-6-7-17(12-22)21(10-15)9-14-4-5-14/h1-3,8,14-15,17H,4-7,9-13H2/t15-,17-/m1/s1. The molecule has 3 aliphatic heterocycles. The number of fused-ring (bicyclic) bond motifs is 4. The molecule has 2 bridgehead atoms. The smallest absolute Gasteiger partial charge is 0.260 e. The molecule has 1 aromatic carbocycles. The summed E-state index contributed by atoms with van der Waals surface area (Å²) >= 11 is 5.96. The van der Waals surface area contributed by atoms with Gasteiger partial charge in [0.05, 0.1) is 0 Å². The number of piperidine rings is 1. The number of rotatable bonds is 5. The van der Waals surface area contributed by atoms with Crippen molar-refractivity contribution >= 4 is 17.5 Å². The minimum Gasteiger partial charge on any atom is -0.484 e. The highest BCUT2D eigenvalue weighted by Crippen LogP contribution is 2.34. The molecular weight excluding hydrogens is 324 g/mol. The fourth-order valence-electron chi connectivity index (χ4n) is 4.03. The Hall–Kier alpha value is -1.26. The van der Waals surface area contributed by atoms with Crippen LogP contribution < -0.4 is 4.74 Å². The Labute approximate surface area is 148 Å². The van der Waals surface area contributed by atoms with Crippen molar-refractivity contribution in [2.45, 2.75) is 31.7 Å². The molecule has 4 nitrogen and oxygen atoms in total. The summed E-state index contributed by atoms with van der Waals surface area (Å²) in [5.41, 5.74) is 0. The molecule has 4 fully saturated rings. The number of nitrogens with zero attached hydrogens (tertiary/aromatic N) is 2. The summed E-state index contributed by atoms with van der Waals surface area (Å²) in [5.74, 6) is 2.29. The monoisotopic (exact) mass is 348 g/mol. The van der Waals surface area contributed by atoms with Gasteiger partial charge in [-0.3, -0.25) is 9.69 Å². The Bertz CT molecular complexity index is 605. The van der Waals surface area contributed by atoms with E-state index in [-0.39, 0.29) is 12.5 Å². The number of ether oxygens (including phenoxy) is 1.